The van der Waals surface area contributed by atoms with Crippen molar-refractivity contribution in [1.82, 2.24) is 10.6 Å². The molecule has 10 heteroatoms. The second kappa shape index (κ2) is 6.79. The van der Waals surface area contributed by atoms with Crippen LogP contribution in [-0.2, 0) is 19.4 Å². The van der Waals surface area contributed by atoms with Crippen molar-refractivity contribution in [3.8, 4) is 0 Å². The van der Waals surface area contributed by atoms with Crippen LogP contribution in [-0.4, -0.2) is 56.0 Å². The molecule has 0 aliphatic rings. The van der Waals surface area contributed by atoms with Crippen LogP contribution in [0.2, 0.25) is 0 Å². The number of nitrogens with one attached hydrogen (secondary N) is 2. The molecular weight excluding hydrogens is 266 g/mol. The summed E-state index contributed by atoms with van der Waals surface area (Å²) < 4.78 is 21.5. The summed E-state index contributed by atoms with van der Waals surface area (Å²) in [5, 5.41) is 12.8. The normalized spacial score (nSPS) is 12.5. The predicted molar refractivity (Wildman–Crippen MR) is 61.5 cm³/mol. The molecule has 0 aliphatic heterocycles. The standard InChI is InChI=1S/C8H15N3O6S/c1-18(16,17)3-2-10-8(15)11-5(7(13)14)4-6(9)12/h5H,2-4H2,1H3,(H2,9,12)(H,13,14)(H2,10,11,15)/t5-/m0/s1. The van der Waals surface area contributed by atoms with Gasteiger partial charge in [-0.15, -0.1) is 0 Å². The summed E-state index contributed by atoms with van der Waals surface area (Å²) in [4.78, 5) is 32.4. The van der Waals surface area contributed by atoms with E-state index in [-0.39, 0.29) is 12.3 Å². The molecule has 0 aliphatic carbocycles. The smallest absolute Gasteiger partial charge is 0.326 e. The van der Waals surface area contributed by atoms with Crippen molar-refractivity contribution in [2.75, 3.05) is 18.6 Å². The number of nitrogens with two attached hydrogens (primary N) is 1. The number of primary amides is 1. The van der Waals surface area contributed by atoms with Gasteiger partial charge in [-0.3, -0.25) is 4.79 Å². The minimum atomic E-state index is -3.22. The summed E-state index contributed by atoms with van der Waals surface area (Å²) in [6.45, 7) is -0.159. The zero-order valence-corrected chi connectivity index (χ0v) is 10.5. The first-order chi connectivity index (χ1) is 8.11. The number of urea groups is 1. The maximum absolute atomic E-state index is 11.2. The number of rotatable bonds is 7. The number of carbonyl (C=O) groups excluding carboxylic acids is 2. The van der Waals surface area contributed by atoms with Crippen LogP contribution in [0.1, 0.15) is 6.42 Å². The first-order valence-electron chi connectivity index (χ1n) is 4.85. The monoisotopic (exact) mass is 281 g/mol. The van der Waals surface area contributed by atoms with Gasteiger partial charge in [-0.2, -0.15) is 0 Å². The third-order valence-electron chi connectivity index (χ3n) is 1.77. The van der Waals surface area contributed by atoms with Crippen molar-refractivity contribution in [1.29, 1.82) is 0 Å². The molecule has 0 saturated carbocycles. The van der Waals surface area contributed by atoms with E-state index >= 15 is 0 Å². The molecule has 104 valence electrons. The van der Waals surface area contributed by atoms with Gasteiger partial charge in [-0.1, -0.05) is 0 Å². The minimum absolute atomic E-state index is 0.159. The minimum Gasteiger partial charge on any atom is -0.480 e. The van der Waals surface area contributed by atoms with E-state index in [1.807, 2.05) is 5.32 Å². The Morgan fingerprint density at radius 1 is 1.33 bits per heavy atom. The average molecular weight is 281 g/mol. The Morgan fingerprint density at radius 3 is 2.28 bits per heavy atom. The van der Waals surface area contributed by atoms with Crippen LogP contribution in [0.4, 0.5) is 4.79 Å². The number of carboxylic acids is 1. The zero-order valence-electron chi connectivity index (χ0n) is 9.67. The molecule has 0 bridgehead atoms. The number of carbonyl (C=O) groups is 3. The van der Waals surface area contributed by atoms with E-state index in [9.17, 15) is 22.8 Å². The fourth-order valence-electron chi connectivity index (χ4n) is 0.960. The van der Waals surface area contributed by atoms with Crippen molar-refractivity contribution in [3.05, 3.63) is 0 Å². The molecule has 0 aromatic heterocycles. The molecule has 0 aromatic rings. The number of carboxylic acid groups (broad SMARTS) is 1. The third-order valence-corrected chi connectivity index (χ3v) is 2.71. The van der Waals surface area contributed by atoms with Gasteiger partial charge in [-0.05, 0) is 0 Å². The number of amides is 3. The first-order valence-corrected chi connectivity index (χ1v) is 6.91. The number of hydrogen-bond donors (Lipinski definition) is 4. The Morgan fingerprint density at radius 2 is 1.89 bits per heavy atom. The molecule has 0 radical (unpaired) electrons. The van der Waals surface area contributed by atoms with E-state index in [1.54, 1.807) is 0 Å². The van der Waals surface area contributed by atoms with Crippen LogP contribution < -0.4 is 16.4 Å². The maximum Gasteiger partial charge on any atom is 0.326 e. The fraction of sp³-hybridized carbons (Fsp3) is 0.625. The van der Waals surface area contributed by atoms with Gasteiger partial charge in [0.1, 0.15) is 15.9 Å². The lowest BCUT2D eigenvalue weighted by Crippen LogP contribution is -2.48. The van der Waals surface area contributed by atoms with E-state index in [0.717, 1.165) is 6.26 Å². The van der Waals surface area contributed by atoms with E-state index in [0.29, 0.717) is 0 Å². The second-order valence-electron chi connectivity index (χ2n) is 3.59. The van der Waals surface area contributed by atoms with Crippen LogP contribution >= 0.6 is 0 Å². The summed E-state index contributed by atoms with van der Waals surface area (Å²) in [7, 11) is -3.22. The molecule has 5 N–H and O–H groups in total. The molecule has 0 spiro atoms. The number of hydrogen-bond acceptors (Lipinski definition) is 5. The average Bonchev–Trinajstić information content (AvgIpc) is 2.13. The van der Waals surface area contributed by atoms with E-state index in [1.165, 1.54) is 0 Å². The Balaban J connectivity index is 4.19. The lowest BCUT2D eigenvalue weighted by atomic mass is 10.2. The van der Waals surface area contributed by atoms with Crippen molar-refractivity contribution in [3.63, 3.8) is 0 Å². The van der Waals surface area contributed by atoms with Gasteiger partial charge in [0.05, 0.1) is 12.2 Å². The Hall–Kier alpha value is -1.84. The van der Waals surface area contributed by atoms with Crippen LogP contribution in [0.25, 0.3) is 0 Å². The molecule has 0 fully saturated rings. The van der Waals surface area contributed by atoms with Crippen LogP contribution in [0.3, 0.4) is 0 Å². The summed E-state index contributed by atoms with van der Waals surface area (Å²) in [5.74, 6) is -2.56. The van der Waals surface area contributed by atoms with Crippen LogP contribution in [0.5, 0.6) is 0 Å². The highest BCUT2D eigenvalue weighted by Gasteiger charge is 2.21. The van der Waals surface area contributed by atoms with Crippen molar-refractivity contribution in [2.24, 2.45) is 5.73 Å². The molecule has 0 heterocycles. The third kappa shape index (κ3) is 8.33. The zero-order chi connectivity index (χ0) is 14.3. The molecule has 0 unspecified atom stereocenters. The number of aliphatic carboxylic acids is 1. The highest BCUT2D eigenvalue weighted by atomic mass is 32.2. The molecule has 18 heavy (non-hydrogen) atoms. The quantitative estimate of drug-likeness (QED) is 0.409. The van der Waals surface area contributed by atoms with Crippen molar-refractivity contribution < 1.29 is 27.9 Å². The summed E-state index contributed by atoms with van der Waals surface area (Å²) in [6, 6.07) is -2.33. The van der Waals surface area contributed by atoms with Crippen molar-refractivity contribution >= 4 is 27.7 Å². The first kappa shape index (κ1) is 16.2. The van der Waals surface area contributed by atoms with Gasteiger partial charge in [-0.25, -0.2) is 18.0 Å². The van der Waals surface area contributed by atoms with Crippen LogP contribution in [0, 0.1) is 0 Å². The lowest BCUT2D eigenvalue weighted by molar-refractivity contribution is -0.140. The molecule has 0 aromatic carbocycles. The van der Waals surface area contributed by atoms with Crippen LogP contribution in [0.15, 0.2) is 0 Å². The molecule has 0 saturated heterocycles. The van der Waals surface area contributed by atoms with Gasteiger partial charge in [0.2, 0.25) is 5.91 Å². The summed E-state index contributed by atoms with van der Waals surface area (Å²) in [6.07, 6.45) is 0.453. The highest BCUT2D eigenvalue weighted by molar-refractivity contribution is 7.90. The van der Waals surface area contributed by atoms with Crippen molar-refractivity contribution in [2.45, 2.75) is 12.5 Å². The predicted octanol–water partition coefficient (Wildman–Crippen LogP) is -2.34. The molecule has 1 atom stereocenters. The van der Waals surface area contributed by atoms with E-state index in [4.69, 9.17) is 10.8 Å². The highest BCUT2D eigenvalue weighted by Crippen LogP contribution is 1.91. The topological polar surface area (TPSA) is 156 Å². The van der Waals surface area contributed by atoms with E-state index < -0.39 is 40.2 Å². The van der Waals surface area contributed by atoms with Gasteiger partial charge >= 0.3 is 12.0 Å². The largest absolute Gasteiger partial charge is 0.480 e. The molecular formula is C8H15N3O6S. The maximum atomic E-state index is 11.2. The molecule has 0 rings (SSSR count). The second-order valence-corrected chi connectivity index (χ2v) is 5.85. The summed E-state index contributed by atoms with van der Waals surface area (Å²) >= 11 is 0. The lowest BCUT2D eigenvalue weighted by Gasteiger charge is -2.13. The number of sulfone groups is 1. The SMILES string of the molecule is CS(=O)(=O)CCNC(=O)N[C@@H](CC(N)=O)C(=O)O. The van der Waals surface area contributed by atoms with Gasteiger partial charge in [0, 0.05) is 12.8 Å². The fourth-order valence-corrected chi connectivity index (χ4v) is 1.43. The summed E-state index contributed by atoms with van der Waals surface area (Å²) in [5.41, 5.74) is 4.81. The molecule has 3 amide bonds. The van der Waals surface area contributed by atoms with E-state index in [2.05, 4.69) is 5.32 Å². The Bertz CT molecular complexity index is 432. The molecule has 9 nitrogen and oxygen atoms in total. The van der Waals surface area contributed by atoms with Gasteiger partial charge in [0.15, 0.2) is 0 Å². The Labute approximate surface area is 104 Å². The van der Waals surface area contributed by atoms with Gasteiger partial charge in [0.25, 0.3) is 0 Å². The van der Waals surface area contributed by atoms with Gasteiger partial charge < -0.3 is 21.5 Å². The Kier molecular flexibility index (Phi) is 6.09.